The van der Waals surface area contributed by atoms with E-state index in [1.807, 2.05) is 30.3 Å². The molecule has 0 aliphatic carbocycles. The first-order chi connectivity index (χ1) is 13.1. The summed E-state index contributed by atoms with van der Waals surface area (Å²) < 4.78 is 16.1. The largest absolute Gasteiger partial charge is 0.489 e. The Labute approximate surface area is 158 Å². The van der Waals surface area contributed by atoms with Gasteiger partial charge in [0, 0.05) is 13.1 Å². The molecule has 144 valence electrons. The third-order valence-electron chi connectivity index (χ3n) is 4.64. The van der Waals surface area contributed by atoms with E-state index >= 15 is 0 Å². The molecular weight excluding hydrogens is 348 g/mol. The smallest absolute Gasteiger partial charge is 0.310 e. The Morgan fingerprint density at radius 2 is 2.07 bits per heavy atom. The van der Waals surface area contributed by atoms with E-state index in [4.69, 9.17) is 14.0 Å². The van der Waals surface area contributed by atoms with Crippen molar-refractivity contribution in [2.75, 3.05) is 19.7 Å². The topological polar surface area (TPSA) is 81.9 Å². The second kappa shape index (κ2) is 8.70. The molecule has 0 radical (unpaired) electrons. The molecule has 7 heteroatoms. The Morgan fingerprint density at radius 3 is 2.81 bits per heavy atom. The van der Waals surface area contributed by atoms with Crippen molar-refractivity contribution in [3.8, 4) is 5.75 Å². The maximum atomic E-state index is 13.0. The molecule has 0 N–H and O–H groups in total. The van der Waals surface area contributed by atoms with Gasteiger partial charge >= 0.3 is 5.97 Å². The van der Waals surface area contributed by atoms with E-state index in [0.717, 1.165) is 12.8 Å². The summed E-state index contributed by atoms with van der Waals surface area (Å²) in [5, 5.41) is 3.95. The van der Waals surface area contributed by atoms with Gasteiger partial charge in [0.25, 0.3) is 5.91 Å². The van der Waals surface area contributed by atoms with E-state index in [1.165, 1.54) is 0 Å². The molecule has 1 amide bonds. The van der Waals surface area contributed by atoms with Crippen LogP contribution in [0.5, 0.6) is 5.75 Å². The number of hydrogen-bond donors (Lipinski definition) is 0. The summed E-state index contributed by atoms with van der Waals surface area (Å²) in [4.78, 5) is 26.6. The number of ether oxygens (including phenoxy) is 2. The number of aryl methyl sites for hydroxylation is 1. The molecule has 1 aromatic carbocycles. The lowest BCUT2D eigenvalue weighted by atomic mass is 9.97. The van der Waals surface area contributed by atoms with E-state index < -0.39 is 0 Å². The SMILES string of the molecule is CCOC(=O)C1CCCN(C(=O)c2noc(C)c2COc2ccccc2)C1. The van der Waals surface area contributed by atoms with Crippen molar-refractivity contribution in [3.63, 3.8) is 0 Å². The van der Waals surface area contributed by atoms with E-state index in [2.05, 4.69) is 5.16 Å². The van der Waals surface area contributed by atoms with Crippen LogP contribution in [0.3, 0.4) is 0 Å². The summed E-state index contributed by atoms with van der Waals surface area (Å²) in [5.74, 6) is 0.469. The number of para-hydroxylation sites is 1. The third-order valence-corrected chi connectivity index (χ3v) is 4.64. The van der Waals surface area contributed by atoms with Gasteiger partial charge < -0.3 is 18.9 Å². The summed E-state index contributed by atoms with van der Waals surface area (Å²) >= 11 is 0. The highest BCUT2D eigenvalue weighted by atomic mass is 16.5. The lowest BCUT2D eigenvalue weighted by Gasteiger charge is -2.31. The van der Waals surface area contributed by atoms with Gasteiger partial charge in [-0.05, 0) is 38.8 Å². The van der Waals surface area contributed by atoms with Crippen LogP contribution >= 0.6 is 0 Å². The van der Waals surface area contributed by atoms with Crippen molar-refractivity contribution in [3.05, 3.63) is 47.3 Å². The Balaban J connectivity index is 1.70. The van der Waals surface area contributed by atoms with Gasteiger partial charge in [-0.2, -0.15) is 0 Å². The normalized spacial score (nSPS) is 16.8. The van der Waals surface area contributed by atoms with E-state index in [9.17, 15) is 9.59 Å². The van der Waals surface area contributed by atoms with Crippen molar-refractivity contribution in [2.24, 2.45) is 5.92 Å². The number of hydrogen-bond acceptors (Lipinski definition) is 6. The van der Waals surface area contributed by atoms with Gasteiger partial charge in [0.15, 0.2) is 5.69 Å². The zero-order chi connectivity index (χ0) is 19.2. The molecule has 3 rings (SSSR count). The Bertz CT molecular complexity index is 787. The maximum Gasteiger partial charge on any atom is 0.310 e. The molecule has 1 aromatic heterocycles. The molecule has 27 heavy (non-hydrogen) atoms. The number of esters is 1. The summed E-state index contributed by atoms with van der Waals surface area (Å²) in [5.41, 5.74) is 0.870. The van der Waals surface area contributed by atoms with Crippen LogP contribution in [0.2, 0.25) is 0 Å². The lowest BCUT2D eigenvalue weighted by Crippen LogP contribution is -2.43. The molecule has 2 heterocycles. The van der Waals surface area contributed by atoms with Crippen molar-refractivity contribution >= 4 is 11.9 Å². The predicted molar refractivity (Wildman–Crippen MR) is 97.3 cm³/mol. The van der Waals surface area contributed by atoms with Crippen LogP contribution in [0.15, 0.2) is 34.9 Å². The van der Waals surface area contributed by atoms with E-state index in [-0.39, 0.29) is 30.1 Å². The van der Waals surface area contributed by atoms with Crippen LogP contribution in [0.25, 0.3) is 0 Å². The van der Waals surface area contributed by atoms with Crippen LogP contribution < -0.4 is 4.74 Å². The molecule has 0 spiro atoms. The molecular formula is C20H24N2O5. The van der Waals surface area contributed by atoms with Crippen LogP contribution in [0.1, 0.15) is 41.6 Å². The number of nitrogens with zero attached hydrogens (tertiary/aromatic N) is 2. The molecule has 0 saturated carbocycles. The van der Waals surface area contributed by atoms with Crippen molar-refractivity contribution in [1.29, 1.82) is 0 Å². The summed E-state index contributed by atoms with van der Waals surface area (Å²) in [6.45, 7) is 4.98. The summed E-state index contributed by atoms with van der Waals surface area (Å²) in [6, 6.07) is 9.36. The molecule has 1 aliphatic rings. The zero-order valence-corrected chi connectivity index (χ0v) is 15.6. The van der Waals surface area contributed by atoms with Crippen molar-refractivity contribution in [1.82, 2.24) is 10.1 Å². The maximum absolute atomic E-state index is 13.0. The van der Waals surface area contributed by atoms with Crippen LogP contribution in [0.4, 0.5) is 0 Å². The van der Waals surface area contributed by atoms with Gasteiger partial charge in [0.2, 0.25) is 0 Å². The number of aromatic nitrogens is 1. The van der Waals surface area contributed by atoms with Crippen molar-refractivity contribution in [2.45, 2.75) is 33.3 Å². The second-order valence-electron chi connectivity index (χ2n) is 6.51. The number of carbonyl (C=O) groups is 2. The van der Waals surface area contributed by atoms with Crippen LogP contribution in [-0.2, 0) is 16.1 Å². The number of amides is 1. The number of piperidine rings is 1. The Hall–Kier alpha value is -2.83. The minimum atomic E-state index is -0.292. The molecule has 1 unspecified atom stereocenters. The average molecular weight is 372 g/mol. The number of benzene rings is 1. The van der Waals surface area contributed by atoms with Gasteiger partial charge in [-0.25, -0.2) is 0 Å². The highest BCUT2D eigenvalue weighted by Crippen LogP contribution is 2.23. The first kappa shape index (κ1) is 18.9. The lowest BCUT2D eigenvalue weighted by molar-refractivity contribution is -0.149. The molecule has 0 bridgehead atoms. The van der Waals surface area contributed by atoms with Gasteiger partial charge in [-0.15, -0.1) is 0 Å². The first-order valence-corrected chi connectivity index (χ1v) is 9.19. The summed E-state index contributed by atoms with van der Waals surface area (Å²) in [7, 11) is 0. The molecule has 1 atom stereocenters. The second-order valence-corrected chi connectivity index (χ2v) is 6.51. The minimum absolute atomic E-state index is 0.190. The van der Waals surface area contributed by atoms with Crippen molar-refractivity contribution < 1.29 is 23.6 Å². The molecule has 1 aliphatic heterocycles. The number of likely N-dealkylation sites (tertiary alicyclic amines) is 1. The fraction of sp³-hybridized carbons (Fsp3) is 0.450. The van der Waals surface area contributed by atoms with Gasteiger partial charge in [0.1, 0.15) is 18.1 Å². The number of rotatable bonds is 6. The highest BCUT2D eigenvalue weighted by molar-refractivity contribution is 5.94. The fourth-order valence-electron chi connectivity index (χ4n) is 3.17. The molecule has 7 nitrogen and oxygen atoms in total. The Morgan fingerprint density at radius 1 is 1.30 bits per heavy atom. The quantitative estimate of drug-likeness (QED) is 0.725. The third kappa shape index (κ3) is 4.48. The van der Waals surface area contributed by atoms with Gasteiger partial charge in [-0.3, -0.25) is 9.59 Å². The van der Waals surface area contributed by atoms with E-state index in [1.54, 1.807) is 18.7 Å². The zero-order valence-electron chi connectivity index (χ0n) is 15.6. The summed E-state index contributed by atoms with van der Waals surface area (Å²) in [6.07, 6.45) is 1.48. The first-order valence-electron chi connectivity index (χ1n) is 9.19. The van der Waals surface area contributed by atoms with E-state index in [0.29, 0.717) is 36.8 Å². The molecule has 2 aromatic rings. The van der Waals surface area contributed by atoms with Gasteiger partial charge in [-0.1, -0.05) is 23.4 Å². The monoisotopic (exact) mass is 372 g/mol. The molecule has 1 fully saturated rings. The van der Waals surface area contributed by atoms with Crippen LogP contribution in [-0.4, -0.2) is 41.6 Å². The molecule has 1 saturated heterocycles. The fourth-order valence-corrected chi connectivity index (χ4v) is 3.17. The standard InChI is InChI=1S/C20H24N2O5/c1-3-25-20(24)15-8-7-11-22(12-15)19(23)18-17(14(2)27-21-18)13-26-16-9-5-4-6-10-16/h4-6,9-10,15H,3,7-8,11-13H2,1-2H3. The predicted octanol–water partition coefficient (Wildman–Crippen LogP) is 2.98. The number of carbonyl (C=O) groups excluding carboxylic acids is 2. The highest BCUT2D eigenvalue weighted by Gasteiger charge is 2.32. The van der Waals surface area contributed by atoms with Crippen LogP contribution in [0, 0.1) is 12.8 Å². The Kier molecular flexibility index (Phi) is 6.11. The van der Waals surface area contributed by atoms with Gasteiger partial charge in [0.05, 0.1) is 18.1 Å². The minimum Gasteiger partial charge on any atom is -0.489 e. The average Bonchev–Trinajstić information content (AvgIpc) is 3.07.